The second kappa shape index (κ2) is 13.7. The fraction of sp³-hybridized carbons (Fsp3) is 0.351. The topological polar surface area (TPSA) is 45.5 Å². The Morgan fingerprint density at radius 3 is 2.22 bits per heavy atom. The number of nitrogens with one attached hydrogen (secondary N) is 1. The highest BCUT2D eigenvalue weighted by Crippen LogP contribution is 2.40. The molecule has 4 aliphatic rings. The number of halogens is 3. The smallest absolute Gasteiger partial charge is 0.123 e. The van der Waals surface area contributed by atoms with Crippen LogP contribution in [0.15, 0.2) is 89.9 Å². The highest BCUT2D eigenvalue weighted by molar-refractivity contribution is 5.85. The molecule has 0 atom stereocenters. The maximum atomic E-state index is 13.9. The summed E-state index contributed by atoms with van der Waals surface area (Å²) < 4.78 is 29.7. The lowest BCUT2D eigenvalue weighted by atomic mass is 9.76. The van der Waals surface area contributed by atoms with Crippen molar-refractivity contribution in [3.8, 4) is 17.1 Å². The van der Waals surface area contributed by atoms with Gasteiger partial charge >= 0.3 is 0 Å². The van der Waals surface area contributed by atoms with Gasteiger partial charge in [0.2, 0.25) is 0 Å². The Morgan fingerprint density at radius 2 is 1.49 bits per heavy atom. The third-order valence-electron chi connectivity index (χ3n) is 9.55. The van der Waals surface area contributed by atoms with Crippen molar-refractivity contribution in [2.45, 2.75) is 63.3 Å². The van der Waals surface area contributed by atoms with Crippen molar-refractivity contribution < 1.29 is 8.78 Å². The summed E-state index contributed by atoms with van der Waals surface area (Å²) in [5.74, 6) is -0.552. The third-order valence-corrected chi connectivity index (χ3v) is 9.55. The summed E-state index contributed by atoms with van der Waals surface area (Å²) in [5.41, 5.74) is 6.29. The largest absolute Gasteiger partial charge is 0.354 e. The second-order valence-corrected chi connectivity index (χ2v) is 12.4. The van der Waals surface area contributed by atoms with Gasteiger partial charge < -0.3 is 9.88 Å². The molecule has 45 heavy (non-hydrogen) atoms. The van der Waals surface area contributed by atoms with E-state index in [1.54, 1.807) is 24.3 Å². The molecule has 2 fully saturated rings. The summed E-state index contributed by atoms with van der Waals surface area (Å²) >= 11 is 0. The van der Waals surface area contributed by atoms with Crippen LogP contribution in [0.5, 0.6) is 0 Å². The Labute approximate surface area is 269 Å². The van der Waals surface area contributed by atoms with Crippen LogP contribution in [0.25, 0.3) is 28.1 Å². The van der Waals surface area contributed by atoms with E-state index in [2.05, 4.69) is 20.9 Å². The van der Waals surface area contributed by atoms with E-state index in [9.17, 15) is 8.78 Å². The molecule has 0 radical (unpaired) electrons. The molecule has 0 spiro atoms. The van der Waals surface area contributed by atoms with Crippen molar-refractivity contribution in [3.63, 3.8) is 0 Å². The van der Waals surface area contributed by atoms with Crippen molar-refractivity contribution in [1.29, 1.82) is 0 Å². The molecule has 8 heteroatoms. The number of aromatic nitrogens is 2. The van der Waals surface area contributed by atoms with Gasteiger partial charge in [0, 0.05) is 23.5 Å². The molecule has 234 valence electrons. The van der Waals surface area contributed by atoms with E-state index in [4.69, 9.17) is 9.98 Å². The first-order valence-corrected chi connectivity index (χ1v) is 16.1. The van der Waals surface area contributed by atoms with Crippen molar-refractivity contribution in [3.05, 3.63) is 102 Å². The third kappa shape index (κ3) is 6.61. The van der Waals surface area contributed by atoms with Crippen LogP contribution in [0.2, 0.25) is 0 Å². The minimum atomic E-state index is -0.276. The van der Waals surface area contributed by atoms with E-state index >= 15 is 0 Å². The first-order valence-electron chi connectivity index (χ1n) is 16.1. The molecule has 0 amide bonds. The number of para-hydroxylation sites is 2. The van der Waals surface area contributed by atoms with Crippen molar-refractivity contribution in [1.82, 2.24) is 14.5 Å². The lowest BCUT2D eigenvalue weighted by Crippen LogP contribution is -2.54. The summed E-state index contributed by atoms with van der Waals surface area (Å²) in [6.07, 6.45) is 11.5. The van der Waals surface area contributed by atoms with Crippen LogP contribution in [0.4, 0.5) is 20.2 Å². The Balaban J connectivity index is 0.00000357. The summed E-state index contributed by atoms with van der Waals surface area (Å²) in [7, 11) is 0. The number of benzene rings is 4. The summed E-state index contributed by atoms with van der Waals surface area (Å²) in [6.45, 7) is 3.24. The molecule has 3 aromatic rings. The molecule has 0 bridgehead atoms. The van der Waals surface area contributed by atoms with E-state index in [1.807, 2.05) is 30.3 Å². The Hall–Kier alpha value is -3.81. The average molecular weight is 628 g/mol. The minimum Gasteiger partial charge on any atom is -0.354 e. The lowest BCUT2D eigenvalue weighted by Gasteiger charge is -2.51. The highest BCUT2D eigenvalue weighted by Gasteiger charge is 2.39. The van der Waals surface area contributed by atoms with E-state index in [-0.39, 0.29) is 24.0 Å². The molecule has 0 unspecified atom stereocenters. The van der Waals surface area contributed by atoms with Gasteiger partial charge in [-0.15, -0.1) is 12.4 Å². The van der Waals surface area contributed by atoms with Crippen LogP contribution in [0.3, 0.4) is 0 Å². The molecule has 3 aromatic carbocycles. The number of nitrogens with zero attached hydrogens (tertiary/aromatic N) is 4. The zero-order valence-electron chi connectivity index (χ0n) is 25.5. The van der Waals surface area contributed by atoms with Gasteiger partial charge in [-0.3, -0.25) is 9.89 Å². The molecular formula is C37H40ClF2N5. The number of hydrogen-bond acceptors (Lipinski definition) is 4. The van der Waals surface area contributed by atoms with Gasteiger partial charge in [-0.25, -0.2) is 13.8 Å². The quantitative estimate of drug-likeness (QED) is 0.138. The maximum Gasteiger partial charge on any atom is 0.123 e. The molecule has 7 rings (SSSR count). The number of anilines is 2. The van der Waals surface area contributed by atoms with Crippen LogP contribution < -0.4 is 10.7 Å². The Bertz CT molecular complexity index is 1770. The molecule has 5 nitrogen and oxygen atoms in total. The lowest BCUT2D eigenvalue weighted by molar-refractivity contribution is 0.00364. The molecule has 1 aliphatic carbocycles. The van der Waals surface area contributed by atoms with Gasteiger partial charge in [0.25, 0.3) is 0 Å². The average Bonchev–Trinajstić information content (AvgIpc) is 3.05. The van der Waals surface area contributed by atoms with Gasteiger partial charge in [0.05, 0.1) is 33.5 Å². The molecular weight excluding hydrogens is 588 g/mol. The molecule has 1 N–H and O–H groups in total. The van der Waals surface area contributed by atoms with Gasteiger partial charge in [-0.05, 0) is 131 Å². The number of piperidine rings is 2. The second-order valence-electron chi connectivity index (χ2n) is 12.4. The Kier molecular flexibility index (Phi) is 9.47. The fourth-order valence-electron chi connectivity index (χ4n) is 7.34. The zero-order chi connectivity index (χ0) is 29.9. The van der Waals surface area contributed by atoms with E-state index < -0.39 is 0 Å². The standard InChI is InChI=1S/C37H39F2N5.ClH/c38-27-11-15-29(16-12-27)41-33-25-34-36(44(30-17-13-28(39)14-18-30)35-10-2-1-9-31(35)42-34)26-32(33)40-22-6-3-19-37-20-4-7-23-43(37)24-8-5-21-37;/h1-2,9-18,25-26,41H,3-8,19-24H2;1H. The summed E-state index contributed by atoms with van der Waals surface area (Å²) in [4.78, 5) is 12.9. The highest BCUT2D eigenvalue weighted by atomic mass is 35.5. The van der Waals surface area contributed by atoms with Gasteiger partial charge in [0.1, 0.15) is 11.6 Å². The monoisotopic (exact) mass is 627 g/mol. The van der Waals surface area contributed by atoms with Gasteiger partial charge in [0.15, 0.2) is 0 Å². The number of unbranched alkanes of at least 4 members (excludes halogenated alkanes) is 1. The van der Waals surface area contributed by atoms with Gasteiger partial charge in [-0.1, -0.05) is 25.0 Å². The molecule has 0 saturated carbocycles. The normalized spacial score (nSPS) is 16.8. The molecule has 0 aromatic heterocycles. The van der Waals surface area contributed by atoms with Crippen LogP contribution >= 0.6 is 12.4 Å². The maximum absolute atomic E-state index is 13.9. The zero-order valence-corrected chi connectivity index (χ0v) is 26.3. The molecule has 3 heterocycles. The fourth-order valence-corrected chi connectivity index (χ4v) is 7.34. The molecule has 2 saturated heterocycles. The predicted octanol–water partition coefficient (Wildman–Crippen LogP) is 9.05. The van der Waals surface area contributed by atoms with Crippen molar-refractivity contribution in [2.75, 3.05) is 25.0 Å². The van der Waals surface area contributed by atoms with Crippen LogP contribution in [-0.4, -0.2) is 39.6 Å². The van der Waals surface area contributed by atoms with E-state index in [0.29, 0.717) is 5.54 Å². The summed E-state index contributed by atoms with van der Waals surface area (Å²) in [5, 5.41) is 4.29. The first-order chi connectivity index (χ1) is 21.6. The summed E-state index contributed by atoms with van der Waals surface area (Å²) in [6, 6.07) is 25.0. The molecule has 3 aliphatic heterocycles. The first kappa shape index (κ1) is 31.2. The Morgan fingerprint density at radius 1 is 0.800 bits per heavy atom. The van der Waals surface area contributed by atoms with E-state index in [1.165, 1.54) is 82.3 Å². The minimum absolute atomic E-state index is 0. The van der Waals surface area contributed by atoms with Crippen molar-refractivity contribution >= 4 is 34.8 Å². The van der Waals surface area contributed by atoms with Gasteiger partial charge in [-0.2, -0.15) is 0 Å². The van der Waals surface area contributed by atoms with Crippen molar-refractivity contribution in [2.24, 2.45) is 4.99 Å². The van der Waals surface area contributed by atoms with Crippen LogP contribution in [0, 0.1) is 11.6 Å². The predicted molar refractivity (Wildman–Crippen MR) is 181 cm³/mol. The van der Waals surface area contributed by atoms with E-state index in [0.717, 1.165) is 64.2 Å². The SMILES string of the molecule is Cl.Fc1ccc(Nc2cc3nc4ccccc4n(-c4ccc(F)cc4)c-3cc2=NCCCCC23CCCCN2CCCC3)cc1. The number of rotatable bonds is 8. The van der Waals surface area contributed by atoms with Crippen LogP contribution in [-0.2, 0) is 0 Å². The van der Waals surface area contributed by atoms with Crippen LogP contribution in [0.1, 0.15) is 57.8 Å². The number of fused-ring (bicyclic) bond motifs is 3. The number of hydrogen-bond donors (Lipinski definition) is 1.